The van der Waals surface area contributed by atoms with Gasteiger partial charge in [-0.05, 0) is 48.0 Å². The van der Waals surface area contributed by atoms with Crippen LogP contribution in [0.4, 0.5) is 0 Å². The maximum absolute atomic E-state index is 13.0. The maximum Gasteiger partial charge on any atom is 0.240 e. The molecule has 1 unspecified atom stereocenters. The minimum absolute atomic E-state index is 0.0663. The number of hydrogen-bond acceptors (Lipinski definition) is 10. The number of methoxy groups -OCH3 is 1. The lowest BCUT2D eigenvalue weighted by atomic mass is 9.85. The summed E-state index contributed by atoms with van der Waals surface area (Å²) in [6.07, 6.45) is 0.274. The van der Waals surface area contributed by atoms with Crippen molar-refractivity contribution in [2.24, 2.45) is 0 Å². The molecule has 12 nitrogen and oxygen atoms in total. The van der Waals surface area contributed by atoms with Crippen LogP contribution >= 0.6 is 23.2 Å². The molecule has 0 aromatic heterocycles. The number of sulfonamides is 1. The topological polar surface area (TPSA) is 134 Å². The molecule has 0 saturated carbocycles. The Balaban J connectivity index is 1.22. The number of halogens is 2. The molecule has 0 spiro atoms. The van der Waals surface area contributed by atoms with Gasteiger partial charge < -0.3 is 38.6 Å². The molecule has 0 fully saturated rings. The van der Waals surface area contributed by atoms with E-state index in [1.54, 1.807) is 31.4 Å². The summed E-state index contributed by atoms with van der Waals surface area (Å²) < 4.78 is 60.6. The van der Waals surface area contributed by atoms with Crippen molar-refractivity contribution in [1.29, 1.82) is 0 Å². The molecule has 15 heteroatoms. The van der Waals surface area contributed by atoms with Gasteiger partial charge in [0, 0.05) is 55.7 Å². The Bertz CT molecular complexity index is 1340. The van der Waals surface area contributed by atoms with Gasteiger partial charge in [0.15, 0.2) is 0 Å². The number of likely N-dealkylation sites (N-methyl/N-ethyl adjacent to an activating group) is 1. The Hall–Kier alpha value is -1.88. The highest BCUT2D eigenvalue weighted by Gasteiger charge is 2.28. The molecule has 0 aliphatic carbocycles. The number of rotatable bonds is 24. The number of fused-ring (bicyclic) bond motifs is 1. The van der Waals surface area contributed by atoms with E-state index in [1.165, 1.54) is 0 Å². The zero-order chi connectivity index (χ0) is 33.9. The van der Waals surface area contributed by atoms with Crippen LogP contribution in [0.25, 0.3) is 0 Å². The molecule has 47 heavy (non-hydrogen) atoms. The van der Waals surface area contributed by atoms with Crippen LogP contribution in [0, 0.1) is 0 Å². The second kappa shape index (κ2) is 22.0. The summed E-state index contributed by atoms with van der Waals surface area (Å²) in [5, 5.41) is 3.94. The molecule has 3 rings (SSSR count). The Morgan fingerprint density at radius 1 is 0.851 bits per heavy atom. The minimum Gasteiger partial charge on any atom is -0.382 e. The van der Waals surface area contributed by atoms with E-state index < -0.39 is 10.0 Å². The van der Waals surface area contributed by atoms with Gasteiger partial charge in [-0.3, -0.25) is 4.79 Å². The molecule has 0 radical (unpaired) electrons. The lowest BCUT2D eigenvalue weighted by Gasteiger charge is -2.33. The fourth-order valence-electron chi connectivity index (χ4n) is 4.88. The number of hydrogen-bond donors (Lipinski definition) is 2. The van der Waals surface area contributed by atoms with Crippen LogP contribution in [0.2, 0.25) is 10.0 Å². The van der Waals surface area contributed by atoms with Crippen LogP contribution < -0.4 is 10.0 Å². The van der Waals surface area contributed by atoms with Crippen molar-refractivity contribution in [2.45, 2.75) is 23.8 Å². The molecule has 2 N–H and O–H groups in total. The highest BCUT2D eigenvalue weighted by molar-refractivity contribution is 7.89. The Kier molecular flexibility index (Phi) is 18.5. The third kappa shape index (κ3) is 14.6. The standard InChI is InChI=1S/C32H47Cl2N3O9S/c1-37-23-29(28-21-26(33)22-31(34)30(28)24-37)25-4-3-5-27(20-25)47(39,40)36-8-11-44-16-19-46-18-15-43-10-7-35-32(38)6-9-42-14-17-45-13-12-41-2/h3-5,20-22,29,36H,6-19,23-24H2,1-2H3,(H,35,38). The summed E-state index contributed by atoms with van der Waals surface area (Å²) >= 11 is 12.8. The van der Waals surface area contributed by atoms with Crippen molar-refractivity contribution in [1.82, 2.24) is 14.9 Å². The minimum atomic E-state index is -3.74. The first-order valence-electron chi connectivity index (χ1n) is 15.6. The average molecular weight is 721 g/mol. The van der Waals surface area contributed by atoms with Crippen molar-refractivity contribution in [3.8, 4) is 0 Å². The van der Waals surface area contributed by atoms with Gasteiger partial charge in [0.2, 0.25) is 15.9 Å². The first-order valence-corrected chi connectivity index (χ1v) is 17.9. The number of amides is 1. The summed E-state index contributed by atoms with van der Waals surface area (Å²) in [7, 11) is -0.117. The van der Waals surface area contributed by atoms with Crippen LogP contribution in [0.15, 0.2) is 41.3 Å². The van der Waals surface area contributed by atoms with E-state index in [9.17, 15) is 13.2 Å². The van der Waals surface area contributed by atoms with E-state index in [1.807, 2.05) is 19.2 Å². The van der Waals surface area contributed by atoms with Crippen molar-refractivity contribution < 1.29 is 41.6 Å². The van der Waals surface area contributed by atoms with E-state index in [0.717, 1.165) is 16.7 Å². The number of nitrogens with zero attached hydrogens (tertiary/aromatic N) is 1. The highest BCUT2D eigenvalue weighted by Crippen LogP contribution is 2.38. The van der Waals surface area contributed by atoms with E-state index in [-0.39, 0.29) is 36.3 Å². The largest absolute Gasteiger partial charge is 0.382 e. The number of benzene rings is 2. The maximum atomic E-state index is 13.0. The molecule has 1 aliphatic heterocycles. The molecule has 1 amide bonds. The number of carbonyl (C=O) groups is 1. The summed E-state index contributed by atoms with van der Waals surface area (Å²) in [5.74, 6) is -0.170. The average Bonchev–Trinajstić information content (AvgIpc) is 3.04. The Labute approximate surface area is 288 Å². The normalized spacial score (nSPS) is 15.1. The van der Waals surface area contributed by atoms with Crippen LogP contribution in [0.3, 0.4) is 0 Å². The molecule has 1 heterocycles. The molecule has 2 aromatic carbocycles. The lowest BCUT2D eigenvalue weighted by molar-refractivity contribution is -0.122. The molecular weight excluding hydrogens is 673 g/mol. The van der Waals surface area contributed by atoms with Gasteiger partial charge in [-0.2, -0.15) is 0 Å². The van der Waals surface area contributed by atoms with E-state index in [4.69, 9.17) is 51.6 Å². The molecule has 1 aliphatic rings. The van der Waals surface area contributed by atoms with Crippen LogP contribution in [-0.4, -0.2) is 126 Å². The van der Waals surface area contributed by atoms with Gasteiger partial charge in [0.25, 0.3) is 0 Å². The lowest BCUT2D eigenvalue weighted by Crippen LogP contribution is -2.31. The third-order valence-corrected chi connectivity index (χ3v) is 9.21. The third-order valence-electron chi connectivity index (χ3n) is 7.19. The van der Waals surface area contributed by atoms with Gasteiger partial charge in [0.05, 0.1) is 77.6 Å². The van der Waals surface area contributed by atoms with Crippen molar-refractivity contribution >= 4 is 39.1 Å². The van der Waals surface area contributed by atoms with Crippen LogP contribution in [0.1, 0.15) is 29.0 Å². The van der Waals surface area contributed by atoms with Gasteiger partial charge in [-0.15, -0.1) is 0 Å². The van der Waals surface area contributed by atoms with Crippen molar-refractivity contribution in [2.75, 3.05) is 106 Å². The fourth-order valence-corrected chi connectivity index (χ4v) is 6.52. The number of nitrogens with one attached hydrogen (secondary N) is 2. The van der Waals surface area contributed by atoms with Crippen molar-refractivity contribution in [3.05, 3.63) is 63.1 Å². The quantitative estimate of drug-likeness (QED) is 0.156. The Morgan fingerprint density at radius 3 is 2.15 bits per heavy atom. The van der Waals surface area contributed by atoms with Gasteiger partial charge in [-0.25, -0.2) is 13.1 Å². The second-order valence-electron chi connectivity index (χ2n) is 10.8. The van der Waals surface area contributed by atoms with E-state index in [0.29, 0.717) is 95.7 Å². The van der Waals surface area contributed by atoms with Crippen molar-refractivity contribution in [3.63, 3.8) is 0 Å². The predicted octanol–water partition coefficient (Wildman–Crippen LogP) is 3.08. The zero-order valence-electron chi connectivity index (χ0n) is 27.1. The fraction of sp³-hybridized carbons (Fsp3) is 0.594. The molecule has 264 valence electrons. The van der Waals surface area contributed by atoms with E-state index in [2.05, 4.69) is 14.9 Å². The summed E-state index contributed by atoms with van der Waals surface area (Å²) in [6, 6.07) is 10.6. The van der Waals surface area contributed by atoms with Crippen LogP contribution in [0.5, 0.6) is 0 Å². The molecule has 0 saturated heterocycles. The highest BCUT2D eigenvalue weighted by atomic mass is 35.5. The number of carbonyl (C=O) groups excluding carboxylic acids is 1. The summed E-state index contributed by atoms with van der Waals surface area (Å²) in [4.78, 5) is 14.1. The van der Waals surface area contributed by atoms with Gasteiger partial charge in [0.1, 0.15) is 0 Å². The van der Waals surface area contributed by atoms with E-state index >= 15 is 0 Å². The smallest absolute Gasteiger partial charge is 0.240 e. The second-order valence-corrected chi connectivity index (χ2v) is 13.4. The zero-order valence-corrected chi connectivity index (χ0v) is 29.5. The first-order chi connectivity index (χ1) is 22.7. The number of ether oxygens (including phenoxy) is 6. The van der Waals surface area contributed by atoms with Crippen LogP contribution in [-0.2, 0) is 49.8 Å². The molecular formula is C32H47Cl2N3O9S. The Morgan fingerprint density at radius 2 is 1.47 bits per heavy atom. The molecule has 1 atom stereocenters. The molecule has 0 bridgehead atoms. The predicted molar refractivity (Wildman–Crippen MR) is 180 cm³/mol. The monoisotopic (exact) mass is 719 g/mol. The molecule has 2 aromatic rings. The van der Waals surface area contributed by atoms with Gasteiger partial charge >= 0.3 is 0 Å². The summed E-state index contributed by atoms with van der Waals surface area (Å²) in [6.45, 7) is 6.21. The van der Waals surface area contributed by atoms with Gasteiger partial charge in [-0.1, -0.05) is 35.3 Å². The SMILES string of the molecule is COCCOCCOCCC(=O)NCCOCCOCCOCCNS(=O)(=O)c1cccc(C2CN(C)Cc3c(Cl)cc(Cl)cc32)c1. The summed E-state index contributed by atoms with van der Waals surface area (Å²) in [5.41, 5.74) is 2.90. The first kappa shape index (κ1) is 39.6.